The third-order valence-electron chi connectivity index (χ3n) is 6.06. The lowest BCUT2D eigenvalue weighted by molar-refractivity contribution is 0.0978. The van der Waals surface area contributed by atoms with Crippen molar-refractivity contribution >= 4 is 17.3 Å². The van der Waals surface area contributed by atoms with Gasteiger partial charge in [0.05, 0.1) is 0 Å². The summed E-state index contributed by atoms with van der Waals surface area (Å²) < 4.78 is 6.00. The molecular formula is C26H20O3. The first-order chi connectivity index (χ1) is 14.0. The molecule has 0 radical (unpaired) electrons. The quantitative estimate of drug-likeness (QED) is 0.423. The fourth-order valence-corrected chi connectivity index (χ4v) is 4.61. The number of hydrogen-bond acceptors (Lipinski definition) is 3. The van der Waals surface area contributed by atoms with Crippen LogP contribution in [0.3, 0.4) is 0 Å². The second-order valence-electron chi connectivity index (χ2n) is 7.77. The van der Waals surface area contributed by atoms with Gasteiger partial charge in [0.2, 0.25) is 0 Å². The van der Waals surface area contributed by atoms with E-state index in [9.17, 15) is 9.59 Å². The van der Waals surface area contributed by atoms with Crippen molar-refractivity contribution in [3.8, 4) is 0 Å². The average molecular weight is 380 g/mol. The van der Waals surface area contributed by atoms with Gasteiger partial charge in [0.1, 0.15) is 12.4 Å². The molecule has 0 amide bonds. The van der Waals surface area contributed by atoms with E-state index in [1.54, 1.807) is 24.3 Å². The molecule has 0 saturated heterocycles. The van der Waals surface area contributed by atoms with Gasteiger partial charge in [-0.1, -0.05) is 49.0 Å². The first-order valence-corrected chi connectivity index (χ1v) is 9.71. The van der Waals surface area contributed by atoms with Crippen molar-refractivity contribution in [2.24, 2.45) is 0 Å². The van der Waals surface area contributed by atoms with E-state index in [2.05, 4.69) is 19.6 Å². The molecule has 5 rings (SSSR count). The van der Waals surface area contributed by atoms with Gasteiger partial charge >= 0.3 is 0 Å². The van der Waals surface area contributed by atoms with Crippen LogP contribution in [-0.2, 0) is 17.8 Å². The van der Waals surface area contributed by atoms with E-state index in [4.69, 9.17) is 4.74 Å². The standard InChI is InChI=1S/C26H20O3/c1-14-7-6-8-17-13-29-16(3)23-15(2)11-22-24(21(23)12-20(14)17)26(28)19-10-5-4-9-18(19)25(22)27/h4-11H,3,12-13H2,1-2H3. The van der Waals surface area contributed by atoms with E-state index < -0.39 is 0 Å². The van der Waals surface area contributed by atoms with Gasteiger partial charge in [0.15, 0.2) is 11.6 Å². The number of rotatable bonds is 0. The minimum atomic E-state index is -0.102. The molecule has 0 bridgehead atoms. The number of carbonyl (C=O) groups excluding carboxylic acids is 2. The lowest BCUT2D eigenvalue weighted by Crippen LogP contribution is -2.25. The fraction of sp³-hybridized carbons (Fsp3) is 0.154. The summed E-state index contributed by atoms with van der Waals surface area (Å²) in [7, 11) is 0. The highest BCUT2D eigenvalue weighted by atomic mass is 16.5. The molecule has 142 valence electrons. The molecule has 2 aliphatic rings. The van der Waals surface area contributed by atoms with E-state index in [1.165, 1.54) is 0 Å². The third-order valence-corrected chi connectivity index (χ3v) is 6.06. The molecule has 0 spiro atoms. The molecule has 3 heteroatoms. The molecule has 1 heterocycles. The van der Waals surface area contributed by atoms with Crippen LogP contribution in [-0.4, -0.2) is 11.6 Å². The fourth-order valence-electron chi connectivity index (χ4n) is 4.61. The van der Waals surface area contributed by atoms with Gasteiger partial charge in [0, 0.05) is 27.8 Å². The minimum Gasteiger partial charge on any atom is -0.489 e. The second kappa shape index (κ2) is 6.28. The maximum atomic E-state index is 13.5. The maximum absolute atomic E-state index is 13.5. The predicted octanol–water partition coefficient (Wildman–Crippen LogP) is 5.17. The van der Waals surface area contributed by atoms with Gasteiger partial charge in [-0.3, -0.25) is 9.59 Å². The van der Waals surface area contributed by atoms with Crippen LogP contribution in [0.5, 0.6) is 0 Å². The molecule has 0 N–H and O–H groups in total. The van der Waals surface area contributed by atoms with Gasteiger partial charge in [-0.25, -0.2) is 0 Å². The minimum absolute atomic E-state index is 0.0975. The average Bonchev–Trinajstić information content (AvgIpc) is 2.70. The maximum Gasteiger partial charge on any atom is 0.194 e. The largest absolute Gasteiger partial charge is 0.489 e. The molecule has 0 fully saturated rings. The Balaban J connectivity index is 1.84. The molecule has 0 atom stereocenters. The number of ether oxygens (including phenoxy) is 1. The van der Waals surface area contributed by atoms with Crippen LogP contribution in [0.1, 0.15) is 65.2 Å². The van der Waals surface area contributed by atoms with Crippen LogP contribution >= 0.6 is 0 Å². The summed E-state index contributed by atoms with van der Waals surface area (Å²) in [6.45, 7) is 8.60. The number of benzene rings is 3. The van der Waals surface area contributed by atoms with E-state index >= 15 is 0 Å². The highest BCUT2D eigenvalue weighted by Crippen LogP contribution is 2.39. The first kappa shape index (κ1) is 17.6. The Hall–Kier alpha value is -3.46. The Labute approximate surface area is 169 Å². The summed E-state index contributed by atoms with van der Waals surface area (Å²) in [6, 6.07) is 15.0. The molecule has 1 aliphatic heterocycles. The Kier molecular flexibility index (Phi) is 3.82. The number of carbonyl (C=O) groups is 2. The molecule has 3 aromatic rings. The molecule has 0 saturated carbocycles. The van der Waals surface area contributed by atoms with Crippen molar-refractivity contribution in [3.63, 3.8) is 0 Å². The SMILES string of the molecule is C=C1OCc2cccc(C)c2Cc2c1c(C)cc1c2C(=O)c2ccccc2C1=O. The van der Waals surface area contributed by atoms with Crippen molar-refractivity contribution in [2.75, 3.05) is 0 Å². The Bertz CT molecular complexity index is 1250. The monoisotopic (exact) mass is 380 g/mol. The van der Waals surface area contributed by atoms with Crippen LogP contribution in [0.4, 0.5) is 0 Å². The zero-order valence-corrected chi connectivity index (χ0v) is 16.5. The zero-order valence-electron chi connectivity index (χ0n) is 16.5. The number of fused-ring (bicyclic) bond motifs is 5. The molecule has 3 aromatic carbocycles. The van der Waals surface area contributed by atoms with E-state index in [0.717, 1.165) is 33.4 Å². The summed E-state index contributed by atoms with van der Waals surface area (Å²) >= 11 is 0. The normalized spacial score (nSPS) is 14.8. The first-order valence-electron chi connectivity index (χ1n) is 9.71. The van der Waals surface area contributed by atoms with Crippen LogP contribution in [0.15, 0.2) is 55.1 Å². The van der Waals surface area contributed by atoms with Crippen LogP contribution in [0.2, 0.25) is 0 Å². The van der Waals surface area contributed by atoms with Gasteiger partial charge in [-0.05, 0) is 54.2 Å². The molecule has 0 aromatic heterocycles. The topological polar surface area (TPSA) is 43.4 Å². The molecule has 29 heavy (non-hydrogen) atoms. The van der Waals surface area contributed by atoms with Crippen LogP contribution in [0, 0.1) is 13.8 Å². The van der Waals surface area contributed by atoms with Crippen molar-refractivity contribution in [2.45, 2.75) is 26.9 Å². The lowest BCUT2D eigenvalue weighted by Gasteiger charge is -2.28. The Morgan fingerprint density at radius 3 is 2.28 bits per heavy atom. The molecule has 0 unspecified atom stereocenters. The van der Waals surface area contributed by atoms with Crippen molar-refractivity contribution in [1.82, 2.24) is 0 Å². The zero-order chi connectivity index (χ0) is 20.3. The molecule has 1 aliphatic carbocycles. The van der Waals surface area contributed by atoms with Gasteiger partial charge in [-0.2, -0.15) is 0 Å². The Morgan fingerprint density at radius 2 is 1.52 bits per heavy atom. The van der Waals surface area contributed by atoms with Gasteiger partial charge < -0.3 is 4.74 Å². The molecular weight excluding hydrogens is 360 g/mol. The second-order valence-corrected chi connectivity index (χ2v) is 7.77. The third kappa shape index (κ3) is 2.51. The number of ketones is 2. The number of hydrogen-bond donors (Lipinski definition) is 0. The summed E-state index contributed by atoms with van der Waals surface area (Å²) in [4.78, 5) is 26.7. The summed E-state index contributed by atoms with van der Waals surface area (Å²) in [5, 5.41) is 0. The predicted molar refractivity (Wildman–Crippen MR) is 112 cm³/mol. The van der Waals surface area contributed by atoms with E-state index in [1.807, 2.05) is 25.1 Å². The summed E-state index contributed by atoms with van der Waals surface area (Å²) in [5.41, 5.74) is 7.89. The smallest absolute Gasteiger partial charge is 0.194 e. The summed E-state index contributed by atoms with van der Waals surface area (Å²) in [6.07, 6.45) is 0.574. The highest BCUT2D eigenvalue weighted by molar-refractivity contribution is 6.29. The van der Waals surface area contributed by atoms with E-state index in [-0.39, 0.29) is 11.6 Å². The van der Waals surface area contributed by atoms with E-state index in [0.29, 0.717) is 41.0 Å². The van der Waals surface area contributed by atoms with Crippen LogP contribution < -0.4 is 0 Å². The van der Waals surface area contributed by atoms with Gasteiger partial charge in [0.25, 0.3) is 0 Å². The molecule has 3 nitrogen and oxygen atoms in total. The van der Waals surface area contributed by atoms with Gasteiger partial charge in [-0.15, -0.1) is 0 Å². The number of aryl methyl sites for hydroxylation is 2. The van der Waals surface area contributed by atoms with Crippen LogP contribution in [0.25, 0.3) is 5.76 Å². The Morgan fingerprint density at radius 1 is 0.793 bits per heavy atom. The summed E-state index contributed by atoms with van der Waals surface area (Å²) in [5.74, 6) is 0.348. The highest BCUT2D eigenvalue weighted by Gasteiger charge is 2.34. The van der Waals surface area contributed by atoms with Crippen molar-refractivity contribution in [1.29, 1.82) is 0 Å². The van der Waals surface area contributed by atoms with Crippen molar-refractivity contribution < 1.29 is 14.3 Å². The van der Waals surface area contributed by atoms with Crippen molar-refractivity contribution in [3.05, 3.63) is 111 Å². The lowest BCUT2D eigenvalue weighted by atomic mass is 9.76.